The molecule has 0 radical (unpaired) electrons. The second-order valence-electron chi connectivity index (χ2n) is 12.4. The highest BCUT2D eigenvalue weighted by atomic mass is 32.1. The quantitative estimate of drug-likeness (QED) is 0.185. The van der Waals surface area contributed by atoms with E-state index < -0.39 is 0 Å². The van der Waals surface area contributed by atoms with Crippen LogP contribution in [0.25, 0.3) is 98.5 Å². The summed E-state index contributed by atoms with van der Waals surface area (Å²) >= 11 is 1.80. The van der Waals surface area contributed by atoms with Crippen LogP contribution in [0.4, 0.5) is 0 Å². The Labute approximate surface area is 292 Å². The van der Waals surface area contributed by atoms with E-state index in [1.165, 1.54) is 42.4 Å². The first-order chi connectivity index (χ1) is 24.7. The number of thiophene rings is 1. The molecule has 0 saturated carbocycles. The van der Waals surface area contributed by atoms with Crippen molar-refractivity contribution in [1.29, 1.82) is 0 Å². The van der Waals surface area contributed by atoms with Crippen molar-refractivity contribution in [2.75, 3.05) is 0 Å². The van der Waals surface area contributed by atoms with Gasteiger partial charge in [-0.3, -0.25) is 0 Å². The molecular weight excluding hydrogens is 631 g/mol. The van der Waals surface area contributed by atoms with Crippen LogP contribution in [0, 0.1) is 0 Å². The molecule has 50 heavy (non-hydrogen) atoms. The topological polar surface area (TPSA) is 51.8 Å². The highest BCUT2D eigenvalue weighted by molar-refractivity contribution is 7.25. The summed E-state index contributed by atoms with van der Waals surface area (Å²) in [6, 6.07) is 57.1. The van der Waals surface area contributed by atoms with Crippen LogP contribution in [0.15, 0.2) is 168 Å². The zero-order valence-corrected chi connectivity index (χ0v) is 27.6. The fourth-order valence-corrected chi connectivity index (χ4v) is 7.92. The molecule has 0 fully saturated rings. The molecule has 0 unspecified atom stereocenters. The van der Waals surface area contributed by atoms with Crippen molar-refractivity contribution in [2.24, 2.45) is 0 Å². The van der Waals surface area contributed by atoms with Crippen LogP contribution in [0.3, 0.4) is 0 Å². The zero-order chi connectivity index (χ0) is 33.0. The Morgan fingerprint density at radius 3 is 1.52 bits per heavy atom. The zero-order valence-electron chi connectivity index (χ0n) is 26.7. The molecule has 5 heteroatoms. The second-order valence-corrected chi connectivity index (χ2v) is 13.5. The van der Waals surface area contributed by atoms with E-state index in [0.29, 0.717) is 17.5 Å². The molecule has 10 rings (SSSR count). The Bertz CT molecular complexity index is 2800. The van der Waals surface area contributed by atoms with Gasteiger partial charge in [0.2, 0.25) is 0 Å². The third-order valence-electron chi connectivity index (χ3n) is 9.36. The van der Waals surface area contributed by atoms with E-state index in [2.05, 4.69) is 91.0 Å². The molecule has 10 aromatic rings. The fourth-order valence-electron chi connectivity index (χ4n) is 6.79. The first kappa shape index (κ1) is 28.6. The van der Waals surface area contributed by atoms with Gasteiger partial charge in [0.25, 0.3) is 0 Å². The van der Waals surface area contributed by atoms with Gasteiger partial charge in [-0.2, -0.15) is 0 Å². The van der Waals surface area contributed by atoms with Gasteiger partial charge in [0.05, 0.1) is 0 Å². The Hall–Kier alpha value is -6.43. The summed E-state index contributed by atoms with van der Waals surface area (Å²) in [6.45, 7) is 0. The van der Waals surface area contributed by atoms with Crippen LogP contribution < -0.4 is 0 Å². The predicted octanol–water partition coefficient (Wildman–Crippen LogP) is 12.5. The lowest BCUT2D eigenvalue weighted by molar-refractivity contribution is 0.669. The third kappa shape index (κ3) is 4.95. The summed E-state index contributed by atoms with van der Waals surface area (Å²) in [4.78, 5) is 14.7. The van der Waals surface area contributed by atoms with Gasteiger partial charge >= 0.3 is 0 Å². The monoisotopic (exact) mass is 657 g/mol. The highest BCUT2D eigenvalue weighted by Gasteiger charge is 2.15. The summed E-state index contributed by atoms with van der Waals surface area (Å²) in [5.74, 6) is 1.99. The Morgan fingerprint density at radius 2 is 0.840 bits per heavy atom. The maximum Gasteiger partial charge on any atom is 0.164 e. The van der Waals surface area contributed by atoms with Crippen LogP contribution in [0.2, 0.25) is 0 Å². The molecule has 4 nitrogen and oxygen atoms in total. The molecule has 3 aromatic heterocycles. The summed E-state index contributed by atoms with van der Waals surface area (Å²) in [6.07, 6.45) is 0. The lowest BCUT2D eigenvalue weighted by Crippen LogP contribution is -1.99. The number of furan rings is 1. The minimum absolute atomic E-state index is 0.664. The van der Waals surface area contributed by atoms with Crippen LogP contribution in [-0.2, 0) is 0 Å². The Kier molecular flexibility index (Phi) is 6.64. The minimum Gasteiger partial charge on any atom is -0.456 e. The van der Waals surface area contributed by atoms with Crippen LogP contribution in [-0.4, -0.2) is 15.0 Å². The van der Waals surface area contributed by atoms with E-state index in [0.717, 1.165) is 38.6 Å². The molecule has 0 saturated heterocycles. The number of hydrogen-bond acceptors (Lipinski definition) is 5. The Morgan fingerprint density at radius 1 is 0.320 bits per heavy atom. The van der Waals surface area contributed by atoms with Gasteiger partial charge in [-0.15, -0.1) is 11.3 Å². The molecule has 0 aliphatic heterocycles. The SMILES string of the molecule is c1ccc(-c2nc(-c3ccccc3)nc(-c3ccc4c(c3)sc3ccc(-c5ccc(-c6ccc7oc8ccccc8c7c6)cc5)cc34)n2)cc1. The predicted molar refractivity (Wildman–Crippen MR) is 207 cm³/mol. The highest BCUT2D eigenvalue weighted by Crippen LogP contribution is 2.39. The standard InChI is InChI=1S/C45H27N3OS/c1-3-9-30(10-4-1)43-46-44(31-11-5-2-6-12-31)48-45(47-43)34-19-22-36-38-26-33(21-24-41(38)50-42(36)27-34)29-17-15-28(16-18-29)32-20-23-40-37(25-32)35-13-7-8-14-39(35)49-40/h1-27H. The van der Waals surface area contributed by atoms with Gasteiger partial charge < -0.3 is 4.42 Å². The summed E-state index contributed by atoms with van der Waals surface area (Å²) < 4.78 is 8.50. The third-order valence-corrected chi connectivity index (χ3v) is 10.5. The van der Waals surface area contributed by atoms with Crippen molar-refractivity contribution < 1.29 is 4.42 Å². The van der Waals surface area contributed by atoms with Crippen LogP contribution in [0.5, 0.6) is 0 Å². The van der Waals surface area contributed by atoms with E-state index in [1.54, 1.807) is 11.3 Å². The number of benzene rings is 7. The molecule has 0 amide bonds. The number of fused-ring (bicyclic) bond motifs is 6. The van der Waals surface area contributed by atoms with E-state index >= 15 is 0 Å². The van der Waals surface area contributed by atoms with Gasteiger partial charge in [0, 0.05) is 47.6 Å². The van der Waals surface area contributed by atoms with Crippen molar-refractivity contribution in [3.63, 3.8) is 0 Å². The number of nitrogens with zero attached hydrogens (tertiary/aromatic N) is 3. The van der Waals surface area contributed by atoms with Crippen molar-refractivity contribution in [3.8, 4) is 56.4 Å². The van der Waals surface area contributed by atoms with Crippen LogP contribution >= 0.6 is 11.3 Å². The molecule has 0 spiro atoms. The maximum absolute atomic E-state index is 6.04. The van der Waals surface area contributed by atoms with Crippen molar-refractivity contribution >= 4 is 53.4 Å². The molecule has 0 N–H and O–H groups in total. The van der Waals surface area contributed by atoms with E-state index in [9.17, 15) is 0 Å². The van der Waals surface area contributed by atoms with Gasteiger partial charge in [-0.25, -0.2) is 15.0 Å². The summed E-state index contributed by atoms with van der Waals surface area (Å²) in [7, 11) is 0. The first-order valence-electron chi connectivity index (χ1n) is 16.6. The molecule has 7 aromatic carbocycles. The molecule has 234 valence electrons. The minimum atomic E-state index is 0.664. The van der Waals surface area contributed by atoms with E-state index in [4.69, 9.17) is 19.4 Å². The normalized spacial score (nSPS) is 11.6. The Balaban J connectivity index is 1.000. The molecule has 0 aliphatic carbocycles. The van der Waals surface area contributed by atoms with Gasteiger partial charge in [0.15, 0.2) is 17.5 Å². The second kappa shape index (κ2) is 11.6. The average molecular weight is 658 g/mol. The van der Waals surface area contributed by atoms with Crippen molar-refractivity contribution in [2.45, 2.75) is 0 Å². The molecule has 0 atom stereocenters. The van der Waals surface area contributed by atoms with Gasteiger partial charge in [0.1, 0.15) is 11.2 Å². The summed E-state index contributed by atoms with van der Waals surface area (Å²) in [5.41, 5.74) is 9.47. The van der Waals surface area contributed by atoms with Gasteiger partial charge in [-0.1, -0.05) is 127 Å². The molecule has 0 aliphatic rings. The first-order valence-corrected chi connectivity index (χ1v) is 17.4. The number of rotatable bonds is 5. The van der Waals surface area contributed by atoms with E-state index in [-0.39, 0.29) is 0 Å². The maximum atomic E-state index is 6.04. The molecular formula is C45H27N3OS. The fraction of sp³-hybridized carbons (Fsp3) is 0. The van der Waals surface area contributed by atoms with E-state index in [1.807, 2.05) is 72.8 Å². The number of para-hydroxylation sites is 1. The smallest absolute Gasteiger partial charge is 0.164 e. The largest absolute Gasteiger partial charge is 0.456 e. The lowest BCUT2D eigenvalue weighted by atomic mass is 9.98. The lowest BCUT2D eigenvalue weighted by Gasteiger charge is -2.08. The average Bonchev–Trinajstić information content (AvgIpc) is 3.75. The van der Waals surface area contributed by atoms with Crippen molar-refractivity contribution in [1.82, 2.24) is 15.0 Å². The summed E-state index contributed by atoms with van der Waals surface area (Å²) in [5, 5.41) is 4.77. The van der Waals surface area contributed by atoms with Crippen LogP contribution in [0.1, 0.15) is 0 Å². The molecule has 0 bridgehead atoms. The van der Waals surface area contributed by atoms with Crippen molar-refractivity contribution in [3.05, 3.63) is 164 Å². The number of aromatic nitrogens is 3. The van der Waals surface area contributed by atoms with Gasteiger partial charge in [-0.05, 0) is 58.7 Å². The number of hydrogen-bond donors (Lipinski definition) is 0. The molecule has 3 heterocycles.